The molecule has 1 heterocycles. The van der Waals surface area contributed by atoms with Crippen LogP contribution in [0.2, 0.25) is 0 Å². The van der Waals surface area contributed by atoms with Gasteiger partial charge >= 0.3 is 0 Å². The average molecular weight is 214 g/mol. The summed E-state index contributed by atoms with van der Waals surface area (Å²) in [4.78, 5) is 4.16. The van der Waals surface area contributed by atoms with Crippen LogP contribution in [0.5, 0.6) is 11.5 Å². The SMILES string of the molecule is Cc1ccc(N)c(Oc2cccnc2C)c1. The Morgan fingerprint density at radius 3 is 2.69 bits per heavy atom. The molecular formula is C13H14N2O. The van der Waals surface area contributed by atoms with Gasteiger partial charge in [-0.15, -0.1) is 0 Å². The van der Waals surface area contributed by atoms with Crippen LogP contribution in [0.4, 0.5) is 5.69 Å². The number of nitrogen functional groups attached to an aromatic ring is 1. The monoisotopic (exact) mass is 214 g/mol. The van der Waals surface area contributed by atoms with Gasteiger partial charge in [-0.05, 0) is 43.7 Å². The molecule has 1 aromatic carbocycles. The van der Waals surface area contributed by atoms with Crippen molar-refractivity contribution in [2.75, 3.05) is 5.73 Å². The maximum Gasteiger partial charge on any atom is 0.150 e. The van der Waals surface area contributed by atoms with E-state index < -0.39 is 0 Å². The molecule has 2 N–H and O–H groups in total. The normalized spacial score (nSPS) is 10.1. The number of hydrogen-bond donors (Lipinski definition) is 1. The van der Waals surface area contributed by atoms with Crippen LogP contribution in [0.15, 0.2) is 36.5 Å². The summed E-state index contributed by atoms with van der Waals surface area (Å²) < 4.78 is 5.73. The molecule has 0 aliphatic heterocycles. The summed E-state index contributed by atoms with van der Waals surface area (Å²) >= 11 is 0. The molecule has 0 bridgehead atoms. The maximum absolute atomic E-state index is 5.84. The van der Waals surface area contributed by atoms with E-state index in [2.05, 4.69) is 4.98 Å². The molecule has 0 saturated heterocycles. The number of benzene rings is 1. The second kappa shape index (κ2) is 4.23. The van der Waals surface area contributed by atoms with Crippen molar-refractivity contribution in [1.29, 1.82) is 0 Å². The van der Waals surface area contributed by atoms with Gasteiger partial charge in [0.1, 0.15) is 5.75 Å². The minimum atomic E-state index is 0.633. The van der Waals surface area contributed by atoms with Gasteiger partial charge in [-0.3, -0.25) is 4.98 Å². The van der Waals surface area contributed by atoms with Gasteiger partial charge in [0.25, 0.3) is 0 Å². The minimum Gasteiger partial charge on any atom is -0.453 e. The summed E-state index contributed by atoms with van der Waals surface area (Å²) in [6.07, 6.45) is 1.74. The summed E-state index contributed by atoms with van der Waals surface area (Å²) in [5.74, 6) is 1.41. The zero-order valence-electron chi connectivity index (χ0n) is 9.40. The zero-order chi connectivity index (χ0) is 11.5. The smallest absolute Gasteiger partial charge is 0.150 e. The van der Waals surface area contributed by atoms with Crippen LogP contribution < -0.4 is 10.5 Å². The van der Waals surface area contributed by atoms with Gasteiger partial charge in [0, 0.05) is 6.20 Å². The van der Waals surface area contributed by atoms with Crippen LogP contribution in [0, 0.1) is 13.8 Å². The van der Waals surface area contributed by atoms with Crippen molar-refractivity contribution in [2.45, 2.75) is 13.8 Å². The highest BCUT2D eigenvalue weighted by Crippen LogP contribution is 2.29. The summed E-state index contributed by atoms with van der Waals surface area (Å²) in [5, 5.41) is 0. The third-order valence-corrected chi connectivity index (χ3v) is 2.35. The fraction of sp³-hybridized carbons (Fsp3) is 0.154. The highest BCUT2D eigenvalue weighted by molar-refractivity contribution is 5.55. The van der Waals surface area contributed by atoms with E-state index in [9.17, 15) is 0 Å². The van der Waals surface area contributed by atoms with Crippen LogP contribution in [-0.2, 0) is 0 Å². The van der Waals surface area contributed by atoms with Crippen molar-refractivity contribution >= 4 is 5.69 Å². The quantitative estimate of drug-likeness (QED) is 0.781. The van der Waals surface area contributed by atoms with Crippen molar-refractivity contribution in [2.24, 2.45) is 0 Å². The van der Waals surface area contributed by atoms with Gasteiger partial charge < -0.3 is 10.5 Å². The van der Waals surface area contributed by atoms with E-state index in [0.717, 1.165) is 17.0 Å². The number of anilines is 1. The Kier molecular flexibility index (Phi) is 2.77. The molecule has 0 atom stereocenters. The van der Waals surface area contributed by atoms with Crippen LogP contribution in [0.3, 0.4) is 0 Å². The number of ether oxygens (including phenoxy) is 1. The van der Waals surface area contributed by atoms with E-state index >= 15 is 0 Å². The lowest BCUT2D eigenvalue weighted by Gasteiger charge is -2.10. The third-order valence-electron chi connectivity index (χ3n) is 2.35. The van der Waals surface area contributed by atoms with Gasteiger partial charge in [0.05, 0.1) is 11.4 Å². The fourth-order valence-corrected chi connectivity index (χ4v) is 1.43. The molecule has 16 heavy (non-hydrogen) atoms. The van der Waals surface area contributed by atoms with Crippen molar-refractivity contribution < 1.29 is 4.74 Å². The zero-order valence-corrected chi connectivity index (χ0v) is 9.40. The Morgan fingerprint density at radius 2 is 1.94 bits per heavy atom. The molecule has 0 fully saturated rings. The Hall–Kier alpha value is -2.03. The van der Waals surface area contributed by atoms with Crippen molar-refractivity contribution in [3.8, 4) is 11.5 Å². The van der Waals surface area contributed by atoms with E-state index in [1.54, 1.807) is 6.20 Å². The first kappa shape index (κ1) is 10.5. The van der Waals surface area contributed by atoms with Crippen molar-refractivity contribution in [1.82, 2.24) is 4.98 Å². The average Bonchev–Trinajstić information content (AvgIpc) is 2.27. The molecular weight excluding hydrogens is 200 g/mol. The van der Waals surface area contributed by atoms with E-state index in [0.29, 0.717) is 11.4 Å². The van der Waals surface area contributed by atoms with Crippen LogP contribution in [-0.4, -0.2) is 4.98 Å². The summed E-state index contributed by atoms with van der Waals surface area (Å²) in [6.45, 7) is 3.91. The third kappa shape index (κ3) is 2.14. The van der Waals surface area contributed by atoms with E-state index in [4.69, 9.17) is 10.5 Å². The molecule has 3 heteroatoms. The van der Waals surface area contributed by atoms with E-state index in [-0.39, 0.29) is 0 Å². The number of nitrogens with zero attached hydrogens (tertiary/aromatic N) is 1. The van der Waals surface area contributed by atoms with Gasteiger partial charge in [-0.2, -0.15) is 0 Å². The molecule has 2 aromatic rings. The van der Waals surface area contributed by atoms with Gasteiger partial charge in [0.15, 0.2) is 5.75 Å². The predicted octanol–water partition coefficient (Wildman–Crippen LogP) is 3.07. The molecule has 82 valence electrons. The van der Waals surface area contributed by atoms with E-state index in [1.807, 2.05) is 44.2 Å². The van der Waals surface area contributed by atoms with Gasteiger partial charge in [-0.25, -0.2) is 0 Å². The summed E-state index contributed by atoms with van der Waals surface area (Å²) in [6, 6.07) is 9.44. The van der Waals surface area contributed by atoms with Gasteiger partial charge in [-0.1, -0.05) is 6.07 Å². The Balaban J connectivity index is 2.34. The molecule has 0 radical (unpaired) electrons. The topological polar surface area (TPSA) is 48.1 Å². The standard InChI is InChI=1S/C13H14N2O/c1-9-5-6-11(14)13(8-9)16-12-4-3-7-15-10(12)2/h3-8H,14H2,1-2H3. The van der Waals surface area contributed by atoms with Gasteiger partial charge in [0.2, 0.25) is 0 Å². The Bertz CT molecular complexity index is 509. The number of pyridine rings is 1. The minimum absolute atomic E-state index is 0.633. The maximum atomic E-state index is 5.84. The number of nitrogens with two attached hydrogens (primary N) is 1. The first-order chi connectivity index (χ1) is 7.66. The highest BCUT2D eigenvalue weighted by Gasteiger charge is 2.04. The van der Waals surface area contributed by atoms with Crippen molar-refractivity contribution in [3.63, 3.8) is 0 Å². The molecule has 0 saturated carbocycles. The Labute approximate surface area is 94.9 Å². The first-order valence-electron chi connectivity index (χ1n) is 5.12. The van der Waals surface area contributed by atoms with Crippen LogP contribution >= 0.6 is 0 Å². The summed E-state index contributed by atoms with van der Waals surface area (Å²) in [5.41, 5.74) is 8.44. The molecule has 0 unspecified atom stereocenters. The lowest BCUT2D eigenvalue weighted by atomic mass is 10.2. The molecule has 2 rings (SSSR count). The fourth-order valence-electron chi connectivity index (χ4n) is 1.43. The number of aryl methyl sites for hydroxylation is 2. The number of rotatable bonds is 2. The van der Waals surface area contributed by atoms with E-state index in [1.165, 1.54) is 0 Å². The largest absolute Gasteiger partial charge is 0.453 e. The molecule has 3 nitrogen and oxygen atoms in total. The second-order valence-electron chi connectivity index (χ2n) is 3.73. The Morgan fingerprint density at radius 1 is 1.12 bits per heavy atom. The first-order valence-corrected chi connectivity index (χ1v) is 5.12. The van der Waals surface area contributed by atoms with Crippen LogP contribution in [0.25, 0.3) is 0 Å². The highest BCUT2D eigenvalue weighted by atomic mass is 16.5. The molecule has 0 spiro atoms. The molecule has 1 aromatic heterocycles. The predicted molar refractivity (Wildman–Crippen MR) is 64.6 cm³/mol. The van der Waals surface area contributed by atoms with Crippen molar-refractivity contribution in [3.05, 3.63) is 47.8 Å². The number of hydrogen-bond acceptors (Lipinski definition) is 3. The van der Waals surface area contributed by atoms with Crippen LogP contribution in [0.1, 0.15) is 11.3 Å². The lowest BCUT2D eigenvalue weighted by molar-refractivity contribution is 0.477. The number of aromatic nitrogens is 1. The molecule has 0 amide bonds. The lowest BCUT2D eigenvalue weighted by Crippen LogP contribution is -1.94. The molecule has 0 aliphatic rings. The second-order valence-corrected chi connectivity index (χ2v) is 3.73. The summed E-state index contributed by atoms with van der Waals surface area (Å²) in [7, 11) is 0. The molecule has 0 aliphatic carbocycles.